The molecule has 0 amide bonds. The van der Waals surface area contributed by atoms with Crippen molar-refractivity contribution < 1.29 is 9.13 Å². The highest BCUT2D eigenvalue weighted by atomic mass is 35.5. The molecule has 6 heteroatoms. The Morgan fingerprint density at radius 3 is 2.76 bits per heavy atom. The maximum Gasteiger partial charge on any atom is 0.141 e. The van der Waals surface area contributed by atoms with Gasteiger partial charge in [-0.1, -0.05) is 17.7 Å². The molecule has 106 valence electrons. The fourth-order valence-corrected chi connectivity index (χ4v) is 2.02. The Balaban J connectivity index is 1.66. The lowest BCUT2D eigenvalue weighted by atomic mass is 10.2. The van der Waals surface area contributed by atoms with E-state index >= 15 is 0 Å². The normalized spacial score (nSPS) is 10.6. The van der Waals surface area contributed by atoms with E-state index in [0.29, 0.717) is 12.4 Å². The molecule has 4 nitrogen and oxygen atoms in total. The lowest BCUT2D eigenvalue weighted by Gasteiger charge is -2.07. The smallest absolute Gasteiger partial charge is 0.141 e. The lowest BCUT2D eigenvalue weighted by molar-refractivity contribution is 0.305. The van der Waals surface area contributed by atoms with Gasteiger partial charge in [-0.15, -0.1) is 0 Å². The second-order valence-corrected chi connectivity index (χ2v) is 4.79. The molecule has 3 aromatic rings. The molecule has 21 heavy (non-hydrogen) atoms. The van der Waals surface area contributed by atoms with Crippen molar-refractivity contribution in [1.82, 2.24) is 15.2 Å². The summed E-state index contributed by atoms with van der Waals surface area (Å²) in [5, 5.41) is 6.80. The Bertz CT molecular complexity index is 729. The molecule has 0 saturated carbocycles. The maximum absolute atomic E-state index is 13.1. The van der Waals surface area contributed by atoms with Crippen molar-refractivity contribution >= 4 is 11.6 Å². The number of hydrogen-bond donors (Lipinski definition) is 1. The van der Waals surface area contributed by atoms with Crippen LogP contribution in [0.4, 0.5) is 4.39 Å². The first kappa shape index (κ1) is 13.6. The highest BCUT2D eigenvalue weighted by Crippen LogP contribution is 2.20. The molecule has 0 atom stereocenters. The predicted octanol–water partition coefficient (Wildman–Crippen LogP) is 3.84. The van der Waals surface area contributed by atoms with Gasteiger partial charge in [-0.05, 0) is 35.9 Å². The highest BCUT2D eigenvalue weighted by Gasteiger charge is 2.04. The van der Waals surface area contributed by atoms with Gasteiger partial charge in [-0.25, -0.2) is 4.39 Å². The van der Waals surface area contributed by atoms with Crippen molar-refractivity contribution in [2.45, 2.75) is 6.61 Å². The van der Waals surface area contributed by atoms with E-state index in [1.54, 1.807) is 24.5 Å². The molecular weight excluding hydrogens is 293 g/mol. The summed E-state index contributed by atoms with van der Waals surface area (Å²) >= 11 is 5.72. The molecule has 1 N–H and O–H groups in total. The standard InChI is InChI=1S/C15H11ClFN3O/c16-12-7-10(1-3-13(12)17)9-21-11-2-4-14(18-8-11)15-5-6-19-20-15/h1-8H,9H2,(H,19,20). The summed E-state index contributed by atoms with van der Waals surface area (Å²) in [5.41, 5.74) is 2.41. The first-order chi connectivity index (χ1) is 10.2. The zero-order valence-electron chi connectivity index (χ0n) is 10.9. The number of nitrogens with one attached hydrogen (secondary N) is 1. The number of aromatic nitrogens is 3. The molecule has 0 bridgehead atoms. The zero-order chi connectivity index (χ0) is 14.7. The van der Waals surface area contributed by atoms with Gasteiger partial charge in [0.25, 0.3) is 0 Å². The van der Waals surface area contributed by atoms with Crippen molar-refractivity contribution in [2.24, 2.45) is 0 Å². The largest absolute Gasteiger partial charge is 0.487 e. The molecule has 0 aliphatic carbocycles. The minimum atomic E-state index is -0.439. The summed E-state index contributed by atoms with van der Waals surface area (Å²) < 4.78 is 18.6. The third-order valence-corrected chi connectivity index (χ3v) is 3.19. The average Bonchev–Trinajstić information content (AvgIpc) is 3.03. The fourth-order valence-electron chi connectivity index (χ4n) is 1.82. The molecule has 0 spiro atoms. The van der Waals surface area contributed by atoms with Crippen molar-refractivity contribution in [1.29, 1.82) is 0 Å². The highest BCUT2D eigenvalue weighted by molar-refractivity contribution is 6.30. The molecule has 0 aliphatic rings. The fraction of sp³-hybridized carbons (Fsp3) is 0.0667. The number of benzene rings is 1. The van der Waals surface area contributed by atoms with Gasteiger partial charge in [-0.2, -0.15) is 5.10 Å². The predicted molar refractivity (Wildman–Crippen MR) is 77.6 cm³/mol. The maximum atomic E-state index is 13.1. The van der Waals surface area contributed by atoms with E-state index in [1.807, 2.05) is 18.2 Å². The van der Waals surface area contributed by atoms with Crippen LogP contribution in [0, 0.1) is 5.82 Å². The molecule has 3 rings (SSSR count). The van der Waals surface area contributed by atoms with Gasteiger partial charge in [-0.3, -0.25) is 10.1 Å². The zero-order valence-corrected chi connectivity index (χ0v) is 11.6. The van der Waals surface area contributed by atoms with Crippen LogP contribution < -0.4 is 4.74 Å². The van der Waals surface area contributed by atoms with E-state index in [2.05, 4.69) is 15.2 Å². The number of halogens is 2. The third kappa shape index (κ3) is 3.20. The van der Waals surface area contributed by atoms with E-state index in [9.17, 15) is 4.39 Å². The average molecular weight is 304 g/mol. The van der Waals surface area contributed by atoms with Gasteiger partial charge >= 0.3 is 0 Å². The van der Waals surface area contributed by atoms with E-state index in [4.69, 9.17) is 16.3 Å². The van der Waals surface area contributed by atoms with Crippen LogP contribution >= 0.6 is 11.6 Å². The Hall–Kier alpha value is -2.40. The van der Waals surface area contributed by atoms with Crippen molar-refractivity contribution in [3.8, 4) is 17.1 Å². The van der Waals surface area contributed by atoms with Crippen LogP contribution in [0.15, 0.2) is 48.8 Å². The molecule has 2 aromatic heterocycles. The SMILES string of the molecule is Fc1ccc(COc2ccc(-c3ccn[nH]3)nc2)cc1Cl. The van der Waals surface area contributed by atoms with Gasteiger partial charge in [0.05, 0.1) is 22.6 Å². The summed E-state index contributed by atoms with van der Waals surface area (Å²) in [6, 6.07) is 9.98. The van der Waals surface area contributed by atoms with Crippen LogP contribution in [-0.2, 0) is 6.61 Å². The summed E-state index contributed by atoms with van der Waals surface area (Å²) in [4.78, 5) is 4.28. The summed E-state index contributed by atoms with van der Waals surface area (Å²) in [7, 11) is 0. The van der Waals surface area contributed by atoms with Crippen LogP contribution in [0.3, 0.4) is 0 Å². The molecule has 2 heterocycles. The minimum absolute atomic E-state index is 0.0869. The summed E-state index contributed by atoms with van der Waals surface area (Å²) in [6.07, 6.45) is 3.29. The van der Waals surface area contributed by atoms with Gasteiger partial charge in [0.1, 0.15) is 18.2 Å². The van der Waals surface area contributed by atoms with Gasteiger partial charge in [0, 0.05) is 6.20 Å². The molecule has 0 fully saturated rings. The van der Waals surface area contributed by atoms with Crippen molar-refractivity contribution in [3.05, 3.63) is 65.2 Å². The minimum Gasteiger partial charge on any atom is -0.487 e. The Labute approximate surface area is 125 Å². The molecule has 0 radical (unpaired) electrons. The Morgan fingerprint density at radius 2 is 2.10 bits per heavy atom. The molecule has 1 aromatic carbocycles. The monoisotopic (exact) mass is 303 g/mol. The molecular formula is C15H11ClFN3O. The lowest BCUT2D eigenvalue weighted by Crippen LogP contribution is -1.96. The molecule has 0 unspecified atom stereocenters. The number of aromatic amines is 1. The van der Waals surface area contributed by atoms with Crippen LogP contribution in [0.5, 0.6) is 5.75 Å². The number of nitrogens with zero attached hydrogens (tertiary/aromatic N) is 2. The number of H-pyrrole nitrogens is 1. The second-order valence-electron chi connectivity index (χ2n) is 4.39. The van der Waals surface area contributed by atoms with Crippen LogP contribution in [0.2, 0.25) is 5.02 Å². The number of ether oxygens (including phenoxy) is 1. The van der Waals surface area contributed by atoms with Gasteiger partial charge < -0.3 is 4.74 Å². The van der Waals surface area contributed by atoms with Gasteiger partial charge in [0.15, 0.2) is 0 Å². The second kappa shape index (κ2) is 5.93. The van der Waals surface area contributed by atoms with E-state index in [1.165, 1.54) is 6.07 Å². The molecule has 0 aliphatic heterocycles. The van der Waals surface area contributed by atoms with Crippen LogP contribution in [-0.4, -0.2) is 15.2 Å². The third-order valence-electron chi connectivity index (χ3n) is 2.90. The Morgan fingerprint density at radius 1 is 1.19 bits per heavy atom. The van der Waals surface area contributed by atoms with Crippen LogP contribution in [0.25, 0.3) is 11.4 Å². The van der Waals surface area contributed by atoms with Crippen LogP contribution in [0.1, 0.15) is 5.56 Å². The topological polar surface area (TPSA) is 50.8 Å². The van der Waals surface area contributed by atoms with E-state index in [0.717, 1.165) is 17.0 Å². The number of hydrogen-bond acceptors (Lipinski definition) is 3. The van der Waals surface area contributed by atoms with E-state index < -0.39 is 5.82 Å². The van der Waals surface area contributed by atoms with Crippen molar-refractivity contribution in [3.63, 3.8) is 0 Å². The quantitative estimate of drug-likeness (QED) is 0.796. The van der Waals surface area contributed by atoms with Gasteiger partial charge in [0.2, 0.25) is 0 Å². The van der Waals surface area contributed by atoms with E-state index in [-0.39, 0.29) is 5.02 Å². The summed E-state index contributed by atoms with van der Waals surface area (Å²) in [5.74, 6) is 0.185. The first-order valence-corrected chi connectivity index (χ1v) is 6.63. The first-order valence-electron chi connectivity index (χ1n) is 6.25. The molecule has 0 saturated heterocycles. The number of pyridine rings is 1. The number of rotatable bonds is 4. The van der Waals surface area contributed by atoms with Crippen molar-refractivity contribution in [2.75, 3.05) is 0 Å². The Kier molecular flexibility index (Phi) is 3.83. The summed E-state index contributed by atoms with van der Waals surface area (Å²) in [6.45, 7) is 0.297.